The van der Waals surface area contributed by atoms with Gasteiger partial charge in [0.05, 0.1) is 24.7 Å². The van der Waals surface area contributed by atoms with Crippen LogP contribution in [0.15, 0.2) is 24.3 Å². The molecule has 1 aliphatic rings. The number of carbonyl (C=O) groups excluding carboxylic acids is 1. The van der Waals surface area contributed by atoms with E-state index in [0.29, 0.717) is 32.7 Å². The van der Waals surface area contributed by atoms with E-state index in [2.05, 4.69) is 0 Å². The largest absolute Gasteiger partial charge is 0.465 e. The molecule has 1 aliphatic heterocycles. The molecular formula is C16H23NO4. The molecule has 116 valence electrons. The number of carbonyl (C=O) groups is 1. The molecule has 1 saturated heterocycles. The molecule has 1 aromatic carbocycles. The molecule has 0 spiro atoms. The fourth-order valence-corrected chi connectivity index (χ4v) is 2.75. The highest BCUT2D eigenvalue weighted by Gasteiger charge is 2.43. The van der Waals surface area contributed by atoms with Crippen molar-refractivity contribution in [3.63, 3.8) is 0 Å². The molecule has 0 amide bonds. The van der Waals surface area contributed by atoms with Gasteiger partial charge in [-0.05, 0) is 30.9 Å². The molecule has 0 radical (unpaired) electrons. The predicted molar refractivity (Wildman–Crippen MR) is 78.8 cm³/mol. The van der Waals surface area contributed by atoms with Crippen LogP contribution >= 0.6 is 0 Å². The predicted octanol–water partition coefficient (Wildman–Crippen LogP) is 1.29. The molecule has 21 heavy (non-hydrogen) atoms. The van der Waals surface area contributed by atoms with Gasteiger partial charge < -0.3 is 20.3 Å². The van der Waals surface area contributed by atoms with E-state index in [0.717, 1.165) is 11.1 Å². The molecule has 0 bridgehead atoms. The average molecular weight is 293 g/mol. The summed E-state index contributed by atoms with van der Waals surface area (Å²) in [5.41, 5.74) is 6.96. The van der Waals surface area contributed by atoms with Crippen molar-refractivity contribution in [3.8, 4) is 0 Å². The third-order valence-corrected chi connectivity index (χ3v) is 4.10. The normalized spacial score (nSPS) is 19.0. The molecule has 1 fully saturated rings. The second-order valence-electron chi connectivity index (χ2n) is 5.33. The maximum atomic E-state index is 12.5. The second kappa shape index (κ2) is 7.02. The molecular weight excluding hydrogens is 270 g/mol. The van der Waals surface area contributed by atoms with Crippen LogP contribution < -0.4 is 5.73 Å². The van der Waals surface area contributed by atoms with Crippen LogP contribution in [0.25, 0.3) is 0 Å². The Morgan fingerprint density at radius 1 is 1.38 bits per heavy atom. The minimum atomic E-state index is -0.629. The van der Waals surface area contributed by atoms with Gasteiger partial charge in [0.1, 0.15) is 0 Å². The van der Waals surface area contributed by atoms with Crippen molar-refractivity contribution in [2.75, 3.05) is 26.4 Å². The van der Waals surface area contributed by atoms with E-state index in [4.69, 9.17) is 20.3 Å². The van der Waals surface area contributed by atoms with E-state index in [9.17, 15) is 4.79 Å². The Morgan fingerprint density at radius 2 is 2.00 bits per heavy atom. The number of esters is 1. The average Bonchev–Trinajstić information content (AvgIpc) is 2.55. The van der Waals surface area contributed by atoms with Gasteiger partial charge in [0, 0.05) is 13.2 Å². The van der Waals surface area contributed by atoms with E-state index in [-0.39, 0.29) is 12.6 Å². The Hall–Kier alpha value is -1.43. The third kappa shape index (κ3) is 3.26. The first-order valence-electron chi connectivity index (χ1n) is 7.36. The molecule has 5 heteroatoms. The molecule has 2 rings (SSSR count). The van der Waals surface area contributed by atoms with E-state index in [1.807, 2.05) is 31.2 Å². The monoisotopic (exact) mass is 293 g/mol. The summed E-state index contributed by atoms with van der Waals surface area (Å²) >= 11 is 0. The van der Waals surface area contributed by atoms with Crippen molar-refractivity contribution in [1.82, 2.24) is 0 Å². The maximum absolute atomic E-state index is 12.5. The number of hydrogen-bond acceptors (Lipinski definition) is 5. The number of aliphatic hydroxyl groups excluding tert-OH is 1. The van der Waals surface area contributed by atoms with Crippen molar-refractivity contribution < 1.29 is 19.4 Å². The molecule has 1 atom stereocenters. The van der Waals surface area contributed by atoms with Gasteiger partial charge in [-0.3, -0.25) is 4.79 Å². The summed E-state index contributed by atoms with van der Waals surface area (Å²) < 4.78 is 10.7. The van der Waals surface area contributed by atoms with Crippen LogP contribution in [0, 0.1) is 0 Å². The van der Waals surface area contributed by atoms with Crippen molar-refractivity contribution in [2.24, 2.45) is 5.73 Å². The molecule has 5 nitrogen and oxygen atoms in total. The van der Waals surface area contributed by atoms with Crippen molar-refractivity contribution >= 4 is 5.97 Å². The number of benzene rings is 1. The van der Waals surface area contributed by atoms with Crippen molar-refractivity contribution in [2.45, 2.75) is 31.2 Å². The lowest BCUT2D eigenvalue weighted by Gasteiger charge is -2.35. The van der Waals surface area contributed by atoms with Gasteiger partial charge in [-0.15, -0.1) is 0 Å². The first kappa shape index (κ1) is 15.9. The third-order valence-electron chi connectivity index (χ3n) is 4.10. The first-order chi connectivity index (χ1) is 10.1. The van der Waals surface area contributed by atoms with E-state index >= 15 is 0 Å². The number of hydrogen-bond donors (Lipinski definition) is 2. The van der Waals surface area contributed by atoms with Crippen LogP contribution in [-0.2, 0) is 19.7 Å². The SMILES string of the molecule is CCOC(=O)C1(c2ccc([C@H](N)CO)cc2)CCOCC1. The molecule has 1 aromatic rings. The maximum Gasteiger partial charge on any atom is 0.316 e. The summed E-state index contributed by atoms with van der Waals surface area (Å²) in [6.07, 6.45) is 1.24. The van der Waals surface area contributed by atoms with Gasteiger partial charge in [-0.25, -0.2) is 0 Å². The smallest absolute Gasteiger partial charge is 0.316 e. The fourth-order valence-electron chi connectivity index (χ4n) is 2.75. The highest BCUT2D eigenvalue weighted by molar-refractivity contribution is 5.83. The molecule has 0 aromatic heterocycles. The number of rotatable bonds is 5. The Morgan fingerprint density at radius 3 is 2.52 bits per heavy atom. The zero-order valence-electron chi connectivity index (χ0n) is 12.4. The van der Waals surface area contributed by atoms with Crippen LogP contribution in [0.1, 0.15) is 36.9 Å². The standard InChI is InChI=1S/C16H23NO4/c1-2-21-15(19)16(7-9-20-10-8-16)13-5-3-12(4-6-13)14(17)11-18/h3-6,14,18H,2,7-11,17H2,1H3/t14-/m1/s1. The summed E-state index contributed by atoms with van der Waals surface area (Å²) in [5, 5.41) is 9.10. The lowest BCUT2D eigenvalue weighted by molar-refractivity contribution is -0.154. The first-order valence-corrected chi connectivity index (χ1v) is 7.36. The van der Waals surface area contributed by atoms with Crippen LogP contribution in [0.2, 0.25) is 0 Å². The van der Waals surface area contributed by atoms with Crippen molar-refractivity contribution in [1.29, 1.82) is 0 Å². The highest BCUT2D eigenvalue weighted by atomic mass is 16.5. The summed E-state index contributed by atoms with van der Waals surface area (Å²) in [5.74, 6) is -0.187. The van der Waals surface area contributed by atoms with Crippen LogP contribution in [0.4, 0.5) is 0 Å². The van der Waals surface area contributed by atoms with Crippen LogP contribution in [-0.4, -0.2) is 37.5 Å². The van der Waals surface area contributed by atoms with Crippen molar-refractivity contribution in [3.05, 3.63) is 35.4 Å². The van der Waals surface area contributed by atoms with E-state index in [1.54, 1.807) is 0 Å². The van der Waals surface area contributed by atoms with E-state index < -0.39 is 11.5 Å². The van der Waals surface area contributed by atoms with Gasteiger partial charge >= 0.3 is 5.97 Å². The topological polar surface area (TPSA) is 81.8 Å². The van der Waals surface area contributed by atoms with Gasteiger partial charge in [0.15, 0.2) is 0 Å². The Bertz CT molecular complexity index is 466. The Labute approximate surface area is 125 Å². The second-order valence-corrected chi connectivity index (χ2v) is 5.33. The van der Waals surface area contributed by atoms with Gasteiger partial charge in [-0.2, -0.15) is 0 Å². The van der Waals surface area contributed by atoms with Crippen LogP contribution in [0.5, 0.6) is 0 Å². The summed E-state index contributed by atoms with van der Waals surface area (Å²) in [4.78, 5) is 12.5. The Balaban J connectivity index is 2.30. The molecule has 0 aliphatic carbocycles. The van der Waals surface area contributed by atoms with Crippen LogP contribution in [0.3, 0.4) is 0 Å². The van der Waals surface area contributed by atoms with Gasteiger partial charge in [0.2, 0.25) is 0 Å². The lowest BCUT2D eigenvalue weighted by Crippen LogP contribution is -2.42. The molecule has 0 saturated carbocycles. The highest BCUT2D eigenvalue weighted by Crippen LogP contribution is 2.36. The van der Waals surface area contributed by atoms with Gasteiger partial charge in [-0.1, -0.05) is 24.3 Å². The minimum Gasteiger partial charge on any atom is -0.465 e. The van der Waals surface area contributed by atoms with Gasteiger partial charge in [0.25, 0.3) is 0 Å². The number of nitrogens with two attached hydrogens (primary N) is 1. The van der Waals surface area contributed by atoms with E-state index in [1.165, 1.54) is 0 Å². The zero-order chi connectivity index (χ0) is 15.3. The molecule has 3 N–H and O–H groups in total. The summed E-state index contributed by atoms with van der Waals surface area (Å²) in [6.45, 7) is 3.19. The lowest BCUT2D eigenvalue weighted by atomic mass is 9.74. The number of aliphatic hydroxyl groups is 1. The molecule has 0 unspecified atom stereocenters. The quantitative estimate of drug-likeness (QED) is 0.799. The zero-order valence-corrected chi connectivity index (χ0v) is 12.4. The Kier molecular flexibility index (Phi) is 5.33. The molecule has 1 heterocycles. The minimum absolute atomic E-state index is 0.101. The fraction of sp³-hybridized carbons (Fsp3) is 0.562. The summed E-state index contributed by atoms with van der Waals surface area (Å²) in [6, 6.07) is 7.16. The number of ether oxygens (including phenoxy) is 2. The summed E-state index contributed by atoms with van der Waals surface area (Å²) in [7, 11) is 0.